The average Bonchev–Trinajstić information content (AvgIpc) is 2.60. The monoisotopic (exact) mass is 371 g/mol. The minimum atomic E-state index is -3.36. The first kappa shape index (κ1) is 18.6. The number of carbonyl (C=O) groups excluding carboxylic acids is 1. The van der Waals surface area contributed by atoms with E-state index < -0.39 is 9.84 Å². The van der Waals surface area contributed by atoms with E-state index in [1.165, 1.54) is 5.56 Å². The number of rotatable bonds is 5. The number of hydrogen-bond donors (Lipinski definition) is 0. The van der Waals surface area contributed by atoms with E-state index in [0.717, 1.165) is 29.7 Å². The Kier molecular flexibility index (Phi) is 5.47. The summed E-state index contributed by atoms with van der Waals surface area (Å²) in [5.74, 6) is 0.00434. The van der Waals surface area contributed by atoms with E-state index in [1.54, 1.807) is 12.1 Å². The number of sulfone groups is 1. The number of hydrogen-bond acceptors (Lipinski definition) is 3. The van der Waals surface area contributed by atoms with E-state index in [4.69, 9.17) is 0 Å². The highest BCUT2D eigenvalue weighted by Crippen LogP contribution is 2.27. The summed E-state index contributed by atoms with van der Waals surface area (Å²) in [4.78, 5) is 14.8. The highest BCUT2D eigenvalue weighted by atomic mass is 32.2. The van der Waals surface area contributed by atoms with Crippen molar-refractivity contribution in [1.82, 2.24) is 0 Å². The largest absolute Gasteiger partial charge is 0.312 e. The Morgan fingerprint density at radius 3 is 2.50 bits per heavy atom. The first-order chi connectivity index (χ1) is 12.4. The van der Waals surface area contributed by atoms with Crippen LogP contribution in [0.25, 0.3) is 0 Å². The molecule has 1 heterocycles. The van der Waals surface area contributed by atoms with Crippen molar-refractivity contribution in [2.75, 3.05) is 17.2 Å². The van der Waals surface area contributed by atoms with Crippen LogP contribution in [-0.2, 0) is 21.1 Å². The van der Waals surface area contributed by atoms with Gasteiger partial charge in [0.25, 0.3) is 0 Å². The highest BCUT2D eigenvalue weighted by Gasteiger charge is 2.23. The smallest absolute Gasteiger partial charge is 0.227 e. The molecule has 0 aliphatic carbocycles. The van der Waals surface area contributed by atoms with E-state index in [9.17, 15) is 13.2 Å². The summed E-state index contributed by atoms with van der Waals surface area (Å²) in [5, 5.41) is 0. The first-order valence-corrected chi connectivity index (χ1v) is 10.7. The molecule has 1 amide bonds. The van der Waals surface area contributed by atoms with E-state index in [-0.39, 0.29) is 18.1 Å². The molecule has 2 aromatic rings. The lowest BCUT2D eigenvalue weighted by Crippen LogP contribution is -2.35. The number of fused-ring (bicyclic) bond motifs is 1. The van der Waals surface area contributed by atoms with Crippen molar-refractivity contribution < 1.29 is 13.2 Å². The molecule has 3 rings (SSSR count). The van der Waals surface area contributed by atoms with Crippen LogP contribution in [0.1, 0.15) is 36.0 Å². The first-order valence-electron chi connectivity index (χ1n) is 9.06. The Morgan fingerprint density at radius 2 is 1.77 bits per heavy atom. The fourth-order valence-electron chi connectivity index (χ4n) is 3.57. The van der Waals surface area contributed by atoms with Gasteiger partial charge in [0.05, 0.1) is 10.6 Å². The van der Waals surface area contributed by atoms with Crippen LogP contribution in [0.5, 0.6) is 0 Å². The van der Waals surface area contributed by atoms with E-state index >= 15 is 0 Å². The third-order valence-corrected chi connectivity index (χ3v) is 6.55. The lowest BCUT2D eigenvalue weighted by atomic mass is 10.0. The zero-order valence-electron chi connectivity index (χ0n) is 15.4. The summed E-state index contributed by atoms with van der Waals surface area (Å²) in [6.07, 6.45) is 2.52. The molecule has 0 radical (unpaired) electrons. The number of anilines is 1. The molecule has 138 valence electrons. The number of carbonyl (C=O) groups is 1. The predicted molar refractivity (Wildman–Crippen MR) is 104 cm³/mol. The SMILES string of the molecule is Cc1cc(C)cc(S(=O)(=O)CCCC(=O)N2CCCc3ccccc32)c1. The van der Waals surface area contributed by atoms with Crippen LogP contribution in [0.3, 0.4) is 0 Å². The number of benzene rings is 2. The molecule has 2 aromatic carbocycles. The van der Waals surface area contributed by atoms with Crippen LogP contribution in [0.15, 0.2) is 47.4 Å². The van der Waals surface area contributed by atoms with Crippen LogP contribution in [0.2, 0.25) is 0 Å². The Hall–Kier alpha value is -2.14. The second-order valence-electron chi connectivity index (χ2n) is 7.02. The van der Waals surface area contributed by atoms with Gasteiger partial charge >= 0.3 is 0 Å². The molecular weight excluding hydrogens is 346 g/mol. The quantitative estimate of drug-likeness (QED) is 0.802. The lowest BCUT2D eigenvalue weighted by Gasteiger charge is -2.29. The summed E-state index contributed by atoms with van der Waals surface area (Å²) in [7, 11) is -3.36. The summed E-state index contributed by atoms with van der Waals surface area (Å²) in [6.45, 7) is 4.49. The summed E-state index contributed by atoms with van der Waals surface area (Å²) in [5.41, 5.74) is 4.03. The second-order valence-corrected chi connectivity index (χ2v) is 9.13. The molecule has 1 aliphatic rings. The maximum Gasteiger partial charge on any atom is 0.227 e. The molecule has 0 bridgehead atoms. The van der Waals surface area contributed by atoms with Crippen LogP contribution in [0.4, 0.5) is 5.69 Å². The average molecular weight is 372 g/mol. The molecule has 0 saturated carbocycles. The van der Waals surface area contributed by atoms with Gasteiger partial charge in [-0.15, -0.1) is 0 Å². The van der Waals surface area contributed by atoms with Gasteiger partial charge in [-0.2, -0.15) is 0 Å². The van der Waals surface area contributed by atoms with E-state index in [0.29, 0.717) is 17.9 Å². The van der Waals surface area contributed by atoms with Gasteiger partial charge in [0.2, 0.25) is 5.91 Å². The van der Waals surface area contributed by atoms with Crippen LogP contribution in [-0.4, -0.2) is 26.6 Å². The van der Waals surface area contributed by atoms with Crippen molar-refractivity contribution in [1.29, 1.82) is 0 Å². The molecule has 0 N–H and O–H groups in total. The number of aryl methyl sites for hydroxylation is 3. The van der Waals surface area contributed by atoms with Crippen molar-refractivity contribution >= 4 is 21.4 Å². The molecule has 0 saturated heterocycles. The van der Waals surface area contributed by atoms with Crippen molar-refractivity contribution in [3.63, 3.8) is 0 Å². The molecule has 1 aliphatic heterocycles. The third kappa shape index (κ3) is 4.15. The predicted octanol–water partition coefficient (Wildman–Crippen LogP) is 3.84. The third-order valence-electron chi connectivity index (χ3n) is 4.77. The van der Waals surface area contributed by atoms with Gasteiger partial charge in [-0.3, -0.25) is 4.79 Å². The minimum absolute atomic E-state index is 0.00286. The Labute approximate surface area is 155 Å². The van der Waals surface area contributed by atoms with Crippen molar-refractivity contribution in [2.45, 2.75) is 44.4 Å². The second kappa shape index (κ2) is 7.62. The highest BCUT2D eigenvalue weighted by molar-refractivity contribution is 7.91. The summed E-state index contributed by atoms with van der Waals surface area (Å²) >= 11 is 0. The molecule has 0 fully saturated rings. The van der Waals surface area contributed by atoms with Crippen molar-refractivity contribution in [3.8, 4) is 0 Å². The maximum atomic E-state index is 12.6. The maximum absolute atomic E-state index is 12.6. The zero-order valence-corrected chi connectivity index (χ0v) is 16.2. The Morgan fingerprint density at radius 1 is 1.08 bits per heavy atom. The van der Waals surface area contributed by atoms with Gasteiger partial charge in [0.1, 0.15) is 0 Å². The van der Waals surface area contributed by atoms with Gasteiger partial charge in [-0.05, 0) is 68.0 Å². The van der Waals surface area contributed by atoms with Crippen molar-refractivity contribution in [3.05, 3.63) is 59.2 Å². The minimum Gasteiger partial charge on any atom is -0.312 e. The molecule has 0 atom stereocenters. The van der Waals surface area contributed by atoms with Gasteiger partial charge in [0.15, 0.2) is 9.84 Å². The Bertz CT molecular complexity index is 898. The standard InChI is InChI=1S/C21H25NO3S/c1-16-13-17(2)15-19(14-16)26(24,25)12-6-10-21(23)22-11-5-8-18-7-3-4-9-20(18)22/h3-4,7,9,13-15H,5-6,8,10-12H2,1-2H3. The lowest BCUT2D eigenvalue weighted by molar-refractivity contribution is -0.118. The van der Waals surface area contributed by atoms with Gasteiger partial charge in [0, 0.05) is 18.7 Å². The zero-order chi connectivity index (χ0) is 18.7. The molecular formula is C21H25NO3S. The summed E-state index contributed by atoms with van der Waals surface area (Å²) in [6, 6.07) is 13.3. The Balaban J connectivity index is 1.64. The van der Waals surface area contributed by atoms with Crippen molar-refractivity contribution in [2.24, 2.45) is 0 Å². The number of nitrogens with zero attached hydrogens (tertiary/aromatic N) is 1. The molecule has 0 aromatic heterocycles. The number of para-hydroxylation sites is 1. The number of amides is 1. The molecule has 26 heavy (non-hydrogen) atoms. The fraction of sp³-hybridized carbons (Fsp3) is 0.381. The van der Waals surface area contributed by atoms with Gasteiger partial charge < -0.3 is 4.90 Å². The van der Waals surface area contributed by atoms with E-state index in [1.807, 2.05) is 43.0 Å². The normalized spacial score (nSPS) is 14.2. The molecule has 0 spiro atoms. The molecule has 4 nitrogen and oxygen atoms in total. The van der Waals surface area contributed by atoms with E-state index in [2.05, 4.69) is 6.07 Å². The van der Waals surface area contributed by atoms with Crippen LogP contribution >= 0.6 is 0 Å². The molecule has 5 heteroatoms. The van der Waals surface area contributed by atoms with Gasteiger partial charge in [-0.1, -0.05) is 24.3 Å². The topological polar surface area (TPSA) is 54.5 Å². The van der Waals surface area contributed by atoms with Crippen LogP contribution < -0.4 is 4.90 Å². The summed E-state index contributed by atoms with van der Waals surface area (Å²) < 4.78 is 25.1. The fourth-order valence-corrected chi connectivity index (χ4v) is 5.06. The van der Waals surface area contributed by atoms with Gasteiger partial charge in [-0.25, -0.2) is 8.42 Å². The van der Waals surface area contributed by atoms with Crippen LogP contribution in [0, 0.1) is 13.8 Å². The molecule has 0 unspecified atom stereocenters.